The Bertz CT molecular complexity index is 203. The second kappa shape index (κ2) is 5.94. The molecule has 0 N–H and O–H groups in total. The lowest BCUT2D eigenvalue weighted by Crippen LogP contribution is -1.88. The van der Waals surface area contributed by atoms with Crippen LogP contribution in [0.1, 0.15) is 26.2 Å². The Morgan fingerprint density at radius 3 is 3.00 bits per heavy atom. The van der Waals surface area contributed by atoms with E-state index in [9.17, 15) is 0 Å². The van der Waals surface area contributed by atoms with Gasteiger partial charge in [-0.1, -0.05) is 19.8 Å². The lowest BCUT2D eigenvalue weighted by molar-refractivity contribution is 0.773. The summed E-state index contributed by atoms with van der Waals surface area (Å²) in [5, 5.41) is 12.0. The molecule has 4 heteroatoms. The van der Waals surface area contributed by atoms with Gasteiger partial charge in [0.05, 0.1) is 6.20 Å². The monoisotopic (exact) mass is 183 g/mol. The molecule has 0 saturated carbocycles. The Morgan fingerprint density at radius 1 is 1.42 bits per heavy atom. The largest absolute Gasteiger partial charge is 0.139 e. The fraction of sp³-hybridized carbons (Fsp3) is 0.625. The third kappa shape index (κ3) is 3.67. The molecule has 0 bridgehead atoms. The molecule has 1 rings (SSSR count). The molecule has 66 valence electrons. The summed E-state index contributed by atoms with van der Waals surface area (Å²) in [6.45, 7) is 2.21. The van der Waals surface area contributed by atoms with E-state index in [1.165, 1.54) is 19.3 Å². The average Bonchev–Trinajstić information content (AvgIpc) is 2.14. The van der Waals surface area contributed by atoms with E-state index in [1.54, 1.807) is 18.0 Å². The van der Waals surface area contributed by atoms with Crippen LogP contribution < -0.4 is 0 Å². The predicted molar refractivity (Wildman–Crippen MR) is 50.1 cm³/mol. The lowest BCUT2D eigenvalue weighted by atomic mass is 10.3. The summed E-state index contributed by atoms with van der Waals surface area (Å²) < 4.78 is 0. The van der Waals surface area contributed by atoms with E-state index in [0.717, 1.165) is 10.8 Å². The fourth-order valence-electron chi connectivity index (χ4n) is 0.836. The molecule has 0 atom stereocenters. The summed E-state index contributed by atoms with van der Waals surface area (Å²) in [5.41, 5.74) is 0. The van der Waals surface area contributed by atoms with E-state index < -0.39 is 0 Å². The number of hydrogen-bond donors (Lipinski definition) is 0. The highest BCUT2D eigenvalue weighted by atomic mass is 32.2. The second-order valence-corrected chi connectivity index (χ2v) is 3.63. The highest BCUT2D eigenvalue weighted by Gasteiger charge is 1.93. The van der Waals surface area contributed by atoms with Crippen LogP contribution in [-0.2, 0) is 0 Å². The van der Waals surface area contributed by atoms with Crippen LogP contribution in [0.15, 0.2) is 17.3 Å². The minimum Gasteiger partial charge on any atom is -0.139 e. The van der Waals surface area contributed by atoms with Crippen molar-refractivity contribution in [3.63, 3.8) is 0 Å². The number of rotatable bonds is 5. The number of unbranched alkanes of at least 4 members (excludes halogenated alkanes) is 2. The first kappa shape index (κ1) is 9.45. The van der Waals surface area contributed by atoms with Gasteiger partial charge in [-0.25, -0.2) is 0 Å². The SMILES string of the molecule is CCCCCSc1ccnnn1. The maximum Gasteiger partial charge on any atom is 0.122 e. The molecule has 0 spiro atoms. The van der Waals surface area contributed by atoms with Crippen molar-refractivity contribution in [3.8, 4) is 0 Å². The molecule has 12 heavy (non-hydrogen) atoms. The van der Waals surface area contributed by atoms with Crippen molar-refractivity contribution >= 4 is 11.8 Å². The van der Waals surface area contributed by atoms with E-state index in [4.69, 9.17) is 0 Å². The Morgan fingerprint density at radius 2 is 2.33 bits per heavy atom. The quantitative estimate of drug-likeness (QED) is 0.518. The van der Waals surface area contributed by atoms with Crippen LogP contribution in [0, 0.1) is 0 Å². The van der Waals surface area contributed by atoms with Gasteiger partial charge >= 0.3 is 0 Å². The van der Waals surface area contributed by atoms with Crippen molar-refractivity contribution in [3.05, 3.63) is 12.3 Å². The van der Waals surface area contributed by atoms with Crippen molar-refractivity contribution in [1.29, 1.82) is 0 Å². The third-order valence-corrected chi connectivity index (χ3v) is 2.48. The van der Waals surface area contributed by atoms with Crippen molar-refractivity contribution in [1.82, 2.24) is 15.4 Å². The summed E-state index contributed by atoms with van der Waals surface area (Å²) >= 11 is 1.75. The topological polar surface area (TPSA) is 38.7 Å². The summed E-state index contributed by atoms with van der Waals surface area (Å²) in [5.74, 6) is 1.13. The minimum atomic E-state index is 0.973. The number of hydrogen-bond acceptors (Lipinski definition) is 4. The molecule has 0 radical (unpaired) electrons. The molecule has 1 aromatic heterocycles. The van der Waals surface area contributed by atoms with Crippen LogP contribution >= 0.6 is 11.8 Å². The molecular formula is C8H13N3S. The first-order valence-corrected chi connectivity index (χ1v) is 5.19. The normalized spacial score (nSPS) is 10.1. The predicted octanol–water partition coefficient (Wildman–Crippen LogP) is 2.15. The van der Waals surface area contributed by atoms with Gasteiger partial charge in [-0.15, -0.1) is 22.0 Å². The smallest absolute Gasteiger partial charge is 0.122 e. The van der Waals surface area contributed by atoms with E-state index >= 15 is 0 Å². The van der Waals surface area contributed by atoms with Gasteiger partial charge in [0.2, 0.25) is 0 Å². The first-order valence-electron chi connectivity index (χ1n) is 4.20. The van der Waals surface area contributed by atoms with Gasteiger partial charge in [-0.3, -0.25) is 0 Å². The number of aromatic nitrogens is 3. The van der Waals surface area contributed by atoms with Crippen LogP contribution in [0.25, 0.3) is 0 Å². The molecule has 0 unspecified atom stereocenters. The first-order chi connectivity index (χ1) is 5.93. The Balaban J connectivity index is 2.16. The Hall–Kier alpha value is -0.640. The van der Waals surface area contributed by atoms with Gasteiger partial charge < -0.3 is 0 Å². The van der Waals surface area contributed by atoms with Gasteiger partial charge in [-0.2, -0.15) is 0 Å². The summed E-state index contributed by atoms with van der Waals surface area (Å²) in [6.07, 6.45) is 5.49. The molecule has 1 aromatic rings. The van der Waals surface area contributed by atoms with Crippen molar-refractivity contribution in [2.45, 2.75) is 31.2 Å². The zero-order valence-electron chi connectivity index (χ0n) is 7.23. The Kier molecular flexibility index (Phi) is 4.68. The molecule has 0 amide bonds. The Labute approximate surface area is 77.0 Å². The highest BCUT2D eigenvalue weighted by Crippen LogP contribution is 2.14. The summed E-state index contributed by atoms with van der Waals surface area (Å²) in [7, 11) is 0. The summed E-state index contributed by atoms with van der Waals surface area (Å²) in [4.78, 5) is 0. The molecule has 1 heterocycles. The molecule has 0 aliphatic heterocycles. The molecule has 0 aromatic carbocycles. The van der Waals surface area contributed by atoms with Gasteiger partial charge in [0.15, 0.2) is 0 Å². The number of thioether (sulfide) groups is 1. The zero-order valence-corrected chi connectivity index (χ0v) is 8.05. The van der Waals surface area contributed by atoms with Crippen molar-refractivity contribution in [2.75, 3.05) is 5.75 Å². The maximum absolute atomic E-state index is 3.88. The van der Waals surface area contributed by atoms with Crippen LogP contribution in [0.4, 0.5) is 0 Å². The van der Waals surface area contributed by atoms with E-state index in [2.05, 4.69) is 22.3 Å². The van der Waals surface area contributed by atoms with Gasteiger partial charge in [-0.05, 0) is 23.5 Å². The molecule has 0 saturated heterocycles. The molecule has 0 fully saturated rings. The molecule has 0 aliphatic carbocycles. The number of nitrogens with zero attached hydrogens (tertiary/aromatic N) is 3. The van der Waals surface area contributed by atoms with E-state index in [-0.39, 0.29) is 0 Å². The second-order valence-electron chi connectivity index (χ2n) is 2.51. The lowest BCUT2D eigenvalue weighted by Gasteiger charge is -1.97. The van der Waals surface area contributed by atoms with E-state index in [0.29, 0.717) is 0 Å². The standard InChI is InChI=1S/C8H13N3S/c1-2-3-4-7-12-8-5-6-9-11-10-8/h5-6H,2-4,7H2,1H3. The summed E-state index contributed by atoms with van der Waals surface area (Å²) in [6, 6.07) is 1.89. The van der Waals surface area contributed by atoms with Crippen molar-refractivity contribution in [2.24, 2.45) is 0 Å². The van der Waals surface area contributed by atoms with Gasteiger partial charge in [0.25, 0.3) is 0 Å². The molecule has 3 nitrogen and oxygen atoms in total. The van der Waals surface area contributed by atoms with Crippen molar-refractivity contribution < 1.29 is 0 Å². The third-order valence-electron chi connectivity index (χ3n) is 1.48. The van der Waals surface area contributed by atoms with Crippen LogP contribution in [0.5, 0.6) is 0 Å². The molecule has 0 aliphatic rings. The van der Waals surface area contributed by atoms with Gasteiger partial charge in [0, 0.05) is 0 Å². The minimum absolute atomic E-state index is 0.973. The highest BCUT2D eigenvalue weighted by molar-refractivity contribution is 7.99. The zero-order chi connectivity index (χ0) is 8.65. The van der Waals surface area contributed by atoms with Crippen LogP contribution in [-0.4, -0.2) is 21.2 Å². The maximum atomic E-state index is 3.88. The van der Waals surface area contributed by atoms with Crippen LogP contribution in [0.3, 0.4) is 0 Å². The van der Waals surface area contributed by atoms with Gasteiger partial charge in [0.1, 0.15) is 5.03 Å². The molecular weight excluding hydrogens is 170 g/mol. The van der Waals surface area contributed by atoms with Crippen LogP contribution in [0.2, 0.25) is 0 Å². The average molecular weight is 183 g/mol. The van der Waals surface area contributed by atoms with E-state index in [1.807, 2.05) is 6.07 Å². The fourth-order valence-corrected chi connectivity index (χ4v) is 1.64.